The van der Waals surface area contributed by atoms with Gasteiger partial charge in [0, 0.05) is 24.5 Å². The molecular weight excluding hydrogens is 357 g/mol. The first-order valence-corrected chi connectivity index (χ1v) is 8.66. The fourth-order valence-electron chi connectivity index (χ4n) is 3.81. The highest BCUT2D eigenvalue weighted by Crippen LogP contribution is 2.36. The van der Waals surface area contributed by atoms with Crippen molar-refractivity contribution in [2.75, 3.05) is 11.4 Å². The molecule has 4 heterocycles. The first kappa shape index (κ1) is 17.7. The van der Waals surface area contributed by atoms with E-state index >= 15 is 0 Å². The zero-order chi connectivity index (χ0) is 19.4. The van der Waals surface area contributed by atoms with Crippen molar-refractivity contribution in [3.63, 3.8) is 0 Å². The van der Waals surface area contributed by atoms with Gasteiger partial charge < -0.3 is 4.90 Å². The largest absolute Gasteiger partial charge is 0.434 e. The summed E-state index contributed by atoms with van der Waals surface area (Å²) in [6.45, 7) is 7.39. The minimum Gasteiger partial charge on any atom is -0.351 e. The van der Waals surface area contributed by atoms with Gasteiger partial charge in [0.05, 0.1) is 12.4 Å². The molecule has 0 aromatic carbocycles. The number of halogens is 3. The van der Waals surface area contributed by atoms with Gasteiger partial charge in [-0.1, -0.05) is 6.92 Å². The van der Waals surface area contributed by atoms with Crippen LogP contribution in [0.1, 0.15) is 32.9 Å². The maximum absolute atomic E-state index is 13.0. The van der Waals surface area contributed by atoms with Gasteiger partial charge in [0.25, 0.3) is 0 Å². The van der Waals surface area contributed by atoms with Crippen molar-refractivity contribution in [1.82, 2.24) is 24.3 Å². The Balaban J connectivity index is 1.79. The summed E-state index contributed by atoms with van der Waals surface area (Å²) in [4.78, 5) is 18.7. The van der Waals surface area contributed by atoms with E-state index in [0.717, 1.165) is 31.2 Å². The Morgan fingerprint density at radius 2 is 1.93 bits per heavy atom. The highest BCUT2D eigenvalue weighted by atomic mass is 19.4. The van der Waals surface area contributed by atoms with Crippen molar-refractivity contribution < 1.29 is 13.2 Å². The van der Waals surface area contributed by atoms with Crippen LogP contribution in [0.5, 0.6) is 0 Å². The van der Waals surface area contributed by atoms with Crippen LogP contribution < -0.4 is 4.90 Å². The van der Waals surface area contributed by atoms with Crippen LogP contribution >= 0.6 is 0 Å². The minimum absolute atomic E-state index is 0.0438. The van der Waals surface area contributed by atoms with E-state index in [1.165, 1.54) is 10.6 Å². The van der Waals surface area contributed by atoms with E-state index in [9.17, 15) is 13.2 Å². The van der Waals surface area contributed by atoms with Gasteiger partial charge in [-0.05, 0) is 32.3 Å². The third kappa shape index (κ3) is 3.11. The van der Waals surface area contributed by atoms with E-state index < -0.39 is 11.9 Å². The maximum atomic E-state index is 13.0. The van der Waals surface area contributed by atoms with Gasteiger partial charge in [-0.2, -0.15) is 13.2 Å². The maximum Gasteiger partial charge on any atom is 0.434 e. The highest BCUT2D eigenvalue weighted by molar-refractivity contribution is 5.58. The zero-order valence-electron chi connectivity index (χ0n) is 15.2. The second kappa shape index (κ2) is 5.90. The lowest BCUT2D eigenvalue weighted by Crippen LogP contribution is -2.38. The molecule has 0 bridgehead atoms. The SMILES string of the molecule is CC1CN(c2ccnc(-c3cnc4cnc(C(F)(F)F)cn34)n2)C(C)(C)C1. The Hall–Kier alpha value is -2.71. The molecule has 6 nitrogen and oxygen atoms in total. The van der Waals surface area contributed by atoms with Crippen molar-refractivity contribution >= 4 is 11.5 Å². The summed E-state index contributed by atoms with van der Waals surface area (Å²) in [6, 6.07) is 1.83. The smallest absolute Gasteiger partial charge is 0.351 e. The van der Waals surface area contributed by atoms with Crippen molar-refractivity contribution in [2.45, 2.75) is 38.9 Å². The molecule has 3 aromatic heterocycles. The van der Waals surface area contributed by atoms with E-state index in [0.29, 0.717) is 23.1 Å². The van der Waals surface area contributed by atoms with Crippen LogP contribution in [-0.4, -0.2) is 36.4 Å². The predicted molar refractivity (Wildman–Crippen MR) is 94.2 cm³/mol. The van der Waals surface area contributed by atoms with Crippen LogP contribution in [0.15, 0.2) is 30.9 Å². The van der Waals surface area contributed by atoms with Crippen LogP contribution in [0.4, 0.5) is 19.0 Å². The van der Waals surface area contributed by atoms with Crippen LogP contribution in [0, 0.1) is 5.92 Å². The second-order valence-electron chi connectivity index (χ2n) is 7.61. The molecule has 1 unspecified atom stereocenters. The average molecular weight is 376 g/mol. The molecule has 0 spiro atoms. The molecule has 27 heavy (non-hydrogen) atoms. The average Bonchev–Trinajstić information content (AvgIpc) is 3.13. The number of rotatable bonds is 2. The van der Waals surface area contributed by atoms with Gasteiger partial charge in [0.15, 0.2) is 17.2 Å². The number of nitrogens with zero attached hydrogens (tertiary/aromatic N) is 6. The predicted octanol–water partition coefficient (Wildman–Crippen LogP) is 3.83. The van der Waals surface area contributed by atoms with Crippen LogP contribution in [0.25, 0.3) is 17.2 Å². The molecule has 4 rings (SSSR count). The number of hydrogen-bond donors (Lipinski definition) is 0. The fourth-order valence-corrected chi connectivity index (χ4v) is 3.81. The van der Waals surface area contributed by atoms with E-state index in [1.807, 2.05) is 6.07 Å². The van der Waals surface area contributed by atoms with Crippen LogP contribution in [0.2, 0.25) is 0 Å². The van der Waals surface area contributed by atoms with Crippen LogP contribution in [0.3, 0.4) is 0 Å². The van der Waals surface area contributed by atoms with Crippen molar-refractivity contribution in [3.05, 3.63) is 36.5 Å². The Bertz CT molecular complexity index is 994. The van der Waals surface area contributed by atoms with Crippen molar-refractivity contribution in [2.24, 2.45) is 5.92 Å². The molecule has 0 saturated carbocycles. The number of anilines is 1. The lowest BCUT2D eigenvalue weighted by Gasteiger charge is -2.32. The Kier molecular flexibility index (Phi) is 3.87. The molecule has 0 radical (unpaired) electrons. The number of aromatic nitrogens is 5. The molecule has 1 atom stereocenters. The van der Waals surface area contributed by atoms with E-state index in [2.05, 4.69) is 45.6 Å². The number of imidazole rings is 1. The summed E-state index contributed by atoms with van der Waals surface area (Å²) >= 11 is 0. The monoisotopic (exact) mass is 376 g/mol. The normalized spacial score (nSPS) is 19.8. The lowest BCUT2D eigenvalue weighted by molar-refractivity contribution is -0.141. The lowest BCUT2D eigenvalue weighted by atomic mass is 9.98. The molecule has 0 amide bonds. The number of alkyl halides is 3. The van der Waals surface area contributed by atoms with Gasteiger partial charge in [-0.15, -0.1) is 0 Å². The number of fused-ring (bicyclic) bond motifs is 1. The standard InChI is InChI=1S/C18H19F3N6/c1-11-6-17(2,3)27(9-11)14-4-5-22-16(25-14)12-7-24-15-8-23-13(10-26(12)15)18(19,20)21/h4-5,7-8,10-11H,6,9H2,1-3H3. The highest BCUT2D eigenvalue weighted by Gasteiger charge is 2.37. The third-order valence-electron chi connectivity index (χ3n) is 4.91. The molecule has 0 aliphatic carbocycles. The zero-order valence-corrected chi connectivity index (χ0v) is 15.2. The molecular formula is C18H19F3N6. The van der Waals surface area contributed by atoms with Crippen molar-refractivity contribution in [1.29, 1.82) is 0 Å². The molecule has 1 aliphatic heterocycles. The second-order valence-corrected chi connectivity index (χ2v) is 7.61. The summed E-state index contributed by atoms with van der Waals surface area (Å²) in [5, 5.41) is 0. The summed E-state index contributed by atoms with van der Waals surface area (Å²) in [5.74, 6) is 1.62. The molecule has 9 heteroatoms. The van der Waals surface area contributed by atoms with Gasteiger partial charge >= 0.3 is 6.18 Å². The molecule has 3 aromatic rings. The Labute approximate surface area is 154 Å². The molecule has 1 fully saturated rings. The quantitative estimate of drug-likeness (QED) is 0.680. The third-order valence-corrected chi connectivity index (χ3v) is 4.91. The van der Waals surface area contributed by atoms with Gasteiger partial charge in [-0.3, -0.25) is 4.40 Å². The molecule has 1 aliphatic rings. The van der Waals surface area contributed by atoms with Gasteiger partial charge in [-0.25, -0.2) is 19.9 Å². The Morgan fingerprint density at radius 1 is 1.15 bits per heavy atom. The molecule has 142 valence electrons. The molecule has 1 saturated heterocycles. The summed E-state index contributed by atoms with van der Waals surface area (Å²) < 4.78 is 40.4. The topological polar surface area (TPSA) is 59.2 Å². The van der Waals surface area contributed by atoms with E-state index in [4.69, 9.17) is 0 Å². The van der Waals surface area contributed by atoms with Crippen LogP contribution in [-0.2, 0) is 6.18 Å². The van der Waals surface area contributed by atoms with Crippen molar-refractivity contribution in [3.8, 4) is 11.5 Å². The summed E-state index contributed by atoms with van der Waals surface area (Å²) in [6.07, 6.45) is 1.63. The van der Waals surface area contributed by atoms with Gasteiger partial charge in [0.2, 0.25) is 0 Å². The van der Waals surface area contributed by atoms with E-state index in [1.54, 1.807) is 6.20 Å². The molecule has 0 N–H and O–H groups in total. The number of hydrogen-bond acceptors (Lipinski definition) is 5. The van der Waals surface area contributed by atoms with Gasteiger partial charge in [0.1, 0.15) is 11.5 Å². The fraction of sp³-hybridized carbons (Fsp3) is 0.444. The summed E-state index contributed by atoms with van der Waals surface area (Å²) in [7, 11) is 0. The first-order chi connectivity index (χ1) is 12.6. The first-order valence-electron chi connectivity index (χ1n) is 8.66. The van der Waals surface area contributed by atoms with E-state index in [-0.39, 0.29) is 5.54 Å². The summed E-state index contributed by atoms with van der Waals surface area (Å²) in [5.41, 5.74) is -0.329. The minimum atomic E-state index is -4.53. The Morgan fingerprint density at radius 3 is 2.59 bits per heavy atom.